The molecule has 0 aliphatic rings. The summed E-state index contributed by atoms with van der Waals surface area (Å²) in [7, 11) is 3.28. The van der Waals surface area contributed by atoms with Gasteiger partial charge < -0.3 is 10.2 Å². The van der Waals surface area contributed by atoms with Gasteiger partial charge in [-0.25, -0.2) is 0 Å². The van der Waals surface area contributed by atoms with Crippen LogP contribution >= 0.6 is 0 Å². The maximum Gasteiger partial charge on any atom is 0.221 e. The van der Waals surface area contributed by atoms with Crippen LogP contribution in [0.4, 0.5) is 0 Å². The molecule has 0 radical (unpaired) electrons. The zero-order valence-electron chi connectivity index (χ0n) is 8.05. The van der Waals surface area contributed by atoms with E-state index in [4.69, 9.17) is 0 Å². The fourth-order valence-corrected chi connectivity index (χ4v) is 0.818. The summed E-state index contributed by atoms with van der Waals surface area (Å²) in [5.41, 5.74) is 0. The highest BCUT2D eigenvalue weighted by Gasteiger charge is 2.14. The fourth-order valence-electron chi connectivity index (χ4n) is 0.818. The van der Waals surface area contributed by atoms with Crippen LogP contribution in [-0.2, 0) is 9.59 Å². The van der Waals surface area contributed by atoms with E-state index in [1.165, 1.54) is 6.92 Å². The molecule has 2 amide bonds. The van der Waals surface area contributed by atoms with Crippen molar-refractivity contribution in [3.8, 4) is 0 Å². The second kappa shape index (κ2) is 4.74. The molecule has 70 valence electrons. The summed E-state index contributed by atoms with van der Waals surface area (Å²) in [5.74, 6) is -0.0676. The lowest BCUT2D eigenvalue weighted by Crippen LogP contribution is -2.36. The Bertz CT molecular complexity index is 180. The third-order valence-corrected chi connectivity index (χ3v) is 1.92. The number of carbonyl (C=O) groups is 2. The van der Waals surface area contributed by atoms with Crippen LogP contribution in [0.2, 0.25) is 0 Å². The molecule has 12 heavy (non-hydrogen) atoms. The molecule has 0 aromatic heterocycles. The summed E-state index contributed by atoms with van der Waals surface area (Å²) in [6.45, 7) is 3.33. The molecule has 4 nitrogen and oxygen atoms in total. The number of rotatable bonds is 3. The van der Waals surface area contributed by atoms with Crippen molar-refractivity contribution in [3.05, 3.63) is 0 Å². The lowest BCUT2D eigenvalue weighted by atomic mass is 10.2. The highest BCUT2D eigenvalue weighted by Crippen LogP contribution is 2.00. The van der Waals surface area contributed by atoms with E-state index in [9.17, 15) is 9.59 Å². The average molecular weight is 172 g/mol. The fraction of sp³-hybridized carbons (Fsp3) is 0.750. The Kier molecular flexibility index (Phi) is 4.33. The largest absolute Gasteiger partial charge is 0.359 e. The predicted octanol–water partition coefficient (Wildman–Crippen LogP) is -0.0107. The first-order valence-corrected chi connectivity index (χ1v) is 3.93. The van der Waals surface area contributed by atoms with Crippen LogP contribution in [0.15, 0.2) is 0 Å². The molecule has 0 saturated carbocycles. The van der Waals surface area contributed by atoms with E-state index >= 15 is 0 Å². The summed E-state index contributed by atoms with van der Waals surface area (Å²) >= 11 is 0. The third-order valence-electron chi connectivity index (χ3n) is 1.92. The van der Waals surface area contributed by atoms with Gasteiger partial charge in [-0.15, -0.1) is 0 Å². The number of carbonyl (C=O) groups excluding carboxylic acids is 2. The average Bonchev–Trinajstić information content (AvgIpc) is 2.02. The molecule has 0 aromatic rings. The monoisotopic (exact) mass is 172 g/mol. The molecule has 0 heterocycles. The van der Waals surface area contributed by atoms with Crippen LogP contribution in [0.25, 0.3) is 0 Å². The Balaban J connectivity index is 3.94. The van der Waals surface area contributed by atoms with Crippen LogP contribution in [0.3, 0.4) is 0 Å². The summed E-state index contributed by atoms with van der Waals surface area (Å²) in [6, 6.07) is -0.0394. The molecule has 1 atom stereocenters. The zero-order chi connectivity index (χ0) is 9.72. The number of hydrogen-bond donors (Lipinski definition) is 1. The maximum atomic E-state index is 10.9. The van der Waals surface area contributed by atoms with Gasteiger partial charge in [0.1, 0.15) is 0 Å². The van der Waals surface area contributed by atoms with Crippen LogP contribution in [-0.4, -0.2) is 36.9 Å². The third kappa shape index (κ3) is 3.37. The summed E-state index contributed by atoms with van der Waals surface area (Å²) < 4.78 is 0. The van der Waals surface area contributed by atoms with Crippen molar-refractivity contribution >= 4 is 11.8 Å². The van der Waals surface area contributed by atoms with E-state index in [-0.39, 0.29) is 17.9 Å². The van der Waals surface area contributed by atoms with Gasteiger partial charge in [-0.05, 0) is 6.92 Å². The Morgan fingerprint density at radius 1 is 1.50 bits per heavy atom. The van der Waals surface area contributed by atoms with Gasteiger partial charge in [0.15, 0.2) is 0 Å². The van der Waals surface area contributed by atoms with Crippen molar-refractivity contribution in [3.63, 3.8) is 0 Å². The molecule has 0 aromatic carbocycles. The van der Waals surface area contributed by atoms with E-state index in [1.807, 2.05) is 6.92 Å². The molecule has 0 saturated heterocycles. The van der Waals surface area contributed by atoms with Crippen LogP contribution in [0, 0.1) is 0 Å². The van der Waals surface area contributed by atoms with E-state index < -0.39 is 0 Å². The summed E-state index contributed by atoms with van der Waals surface area (Å²) in [5, 5.41) is 2.51. The highest BCUT2D eigenvalue weighted by molar-refractivity contribution is 5.78. The SMILES string of the molecule is CNC(=O)CC(C)N(C)C(C)=O. The molecule has 1 N–H and O–H groups in total. The zero-order valence-corrected chi connectivity index (χ0v) is 8.05. The quantitative estimate of drug-likeness (QED) is 0.651. The minimum absolute atomic E-state index is 0.0218. The first-order chi connectivity index (χ1) is 5.49. The van der Waals surface area contributed by atoms with Crippen molar-refractivity contribution in [1.82, 2.24) is 10.2 Å². The molecule has 0 aliphatic carbocycles. The lowest BCUT2D eigenvalue weighted by Gasteiger charge is -2.22. The van der Waals surface area contributed by atoms with Gasteiger partial charge in [-0.3, -0.25) is 9.59 Å². The summed E-state index contributed by atoms with van der Waals surface area (Å²) in [6.07, 6.45) is 0.354. The Hall–Kier alpha value is -1.06. The molecule has 1 unspecified atom stereocenters. The Labute approximate surface area is 72.9 Å². The van der Waals surface area contributed by atoms with Gasteiger partial charge in [0.05, 0.1) is 0 Å². The standard InChI is InChI=1S/C8H16N2O2/c1-6(5-8(12)9-3)10(4)7(2)11/h6H,5H2,1-4H3,(H,9,12). The van der Waals surface area contributed by atoms with Crippen molar-refractivity contribution < 1.29 is 9.59 Å². The molecular formula is C8H16N2O2. The van der Waals surface area contributed by atoms with E-state index in [0.29, 0.717) is 6.42 Å². The van der Waals surface area contributed by atoms with Crippen LogP contribution < -0.4 is 5.32 Å². The molecular weight excluding hydrogens is 156 g/mol. The minimum atomic E-state index is -0.0457. The van der Waals surface area contributed by atoms with Gasteiger partial charge in [0.2, 0.25) is 11.8 Å². The predicted molar refractivity (Wildman–Crippen MR) is 46.6 cm³/mol. The number of amides is 2. The van der Waals surface area contributed by atoms with Crippen molar-refractivity contribution in [2.75, 3.05) is 14.1 Å². The van der Waals surface area contributed by atoms with Gasteiger partial charge in [-0.1, -0.05) is 0 Å². The topological polar surface area (TPSA) is 49.4 Å². The Morgan fingerprint density at radius 2 is 2.00 bits per heavy atom. The van der Waals surface area contributed by atoms with E-state index in [1.54, 1.807) is 19.0 Å². The summed E-state index contributed by atoms with van der Waals surface area (Å²) in [4.78, 5) is 23.3. The van der Waals surface area contributed by atoms with E-state index in [2.05, 4.69) is 5.32 Å². The number of nitrogens with one attached hydrogen (secondary N) is 1. The molecule has 0 rings (SSSR count). The van der Waals surface area contributed by atoms with Crippen molar-refractivity contribution in [1.29, 1.82) is 0 Å². The molecule has 0 aliphatic heterocycles. The number of nitrogens with zero attached hydrogens (tertiary/aromatic N) is 1. The van der Waals surface area contributed by atoms with Gasteiger partial charge in [0, 0.05) is 33.5 Å². The minimum Gasteiger partial charge on any atom is -0.359 e. The molecule has 0 fully saturated rings. The Morgan fingerprint density at radius 3 is 2.33 bits per heavy atom. The first-order valence-electron chi connectivity index (χ1n) is 3.93. The molecule has 0 spiro atoms. The van der Waals surface area contributed by atoms with E-state index in [0.717, 1.165) is 0 Å². The van der Waals surface area contributed by atoms with Gasteiger partial charge in [-0.2, -0.15) is 0 Å². The molecule has 0 bridgehead atoms. The van der Waals surface area contributed by atoms with Gasteiger partial charge in [0.25, 0.3) is 0 Å². The second-order valence-corrected chi connectivity index (χ2v) is 2.86. The van der Waals surface area contributed by atoms with Crippen LogP contribution in [0.5, 0.6) is 0 Å². The smallest absolute Gasteiger partial charge is 0.221 e. The molecule has 4 heteroatoms. The van der Waals surface area contributed by atoms with Crippen LogP contribution in [0.1, 0.15) is 20.3 Å². The number of hydrogen-bond acceptors (Lipinski definition) is 2. The normalized spacial score (nSPS) is 12.0. The second-order valence-electron chi connectivity index (χ2n) is 2.86. The van der Waals surface area contributed by atoms with Crippen molar-refractivity contribution in [2.24, 2.45) is 0 Å². The maximum absolute atomic E-state index is 10.9. The van der Waals surface area contributed by atoms with Crippen molar-refractivity contribution in [2.45, 2.75) is 26.3 Å². The first kappa shape index (κ1) is 10.9. The van der Waals surface area contributed by atoms with Gasteiger partial charge >= 0.3 is 0 Å². The lowest BCUT2D eigenvalue weighted by molar-refractivity contribution is -0.130. The highest BCUT2D eigenvalue weighted by atomic mass is 16.2.